The van der Waals surface area contributed by atoms with Crippen molar-refractivity contribution in [2.75, 3.05) is 13.2 Å². The molecule has 0 radical (unpaired) electrons. The molecular weight excluding hydrogens is 274 g/mol. The summed E-state index contributed by atoms with van der Waals surface area (Å²) in [6.45, 7) is 0.310. The number of rotatable bonds is 4. The first-order valence-electron chi connectivity index (χ1n) is 6.14. The topological polar surface area (TPSA) is 67.2 Å². The SMILES string of the molecule is Cn1ccnc1CCNC(=O)c1sccc1C#CCO. The van der Waals surface area contributed by atoms with Crippen molar-refractivity contribution in [1.29, 1.82) is 0 Å². The number of nitrogens with zero attached hydrogens (tertiary/aromatic N) is 2. The molecule has 0 unspecified atom stereocenters. The second kappa shape index (κ2) is 6.89. The average Bonchev–Trinajstić information content (AvgIpc) is 3.06. The van der Waals surface area contributed by atoms with Crippen LogP contribution in [0.25, 0.3) is 0 Å². The van der Waals surface area contributed by atoms with Gasteiger partial charge in [0.25, 0.3) is 5.91 Å². The van der Waals surface area contributed by atoms with Gasteiger partial charge in [-0.05, 0) is 11.4 Å². The van der Waals surface area contributed by atoms with Gasteiger partial charge in [-0.2, -0.15) is 0 Å². The van der Waals surface area contributed by atoms with Crippen molar-refractivity contribution in [2.45, 2.75) is 6.42 Å². The van der Waals surface area contributed by atoms with E-state index in [0.717, 1.165) is 5.82 Å². The van der Waals surface area contributed by atoms with Gasteiger partial charge < -0.3 is 15.0 Å². The van der Waals surface area contributed by atoms with Crippen molar-refractivity contribution < 1.29 is 9.90 Å². The van der Waals surface area contributed by atoms with Crippen LogP contribution < -0.4 is 5.32 Å². The molecule has 0 atom stereocenters. The third kappa shape index (κ3) is 3.47. The molecule has 6 heteroatoms. The van der Waals surface area contributed by atoms with Crippen LogP contribution in [0.5, 0.6) is 0 Å². The molecule has 5 nitrogen and oxygen atoms in total. The lowest BCUT2D eigenvalue weighted by Gasteiger charge is -2.04. The molecule has 1 amide bonds. The Bertz CT molecular complexity index is 649. The molecule has 0 aliphatic rings. The van der Waals surface area contributed by atoms with Gasteiger partial charge >= 0.3 is 0 Å². The molecule has 104 valence electrons. The quantitative estimate of drug-likeness (QED) is 0.818. The lowest BCUT2D eigenvalue weighted by atomic mass is 10.2. The molecule has 0 aromatic carbocycles. The molecule has 20 heavy (non-hydrogen) atoms. The van der Waals surface area contributed by atoms with E-state index in [1.807, 2.05) is 23.2 Å². The van der Waals surface area contributed by atoms with Gasteiger partial charge in [-0.3, -0.25) is 4.79 Å². The minimum absolute atomic E-state index is 0.142. The molecule has 0 aliphatic carbocycles. The highest BCUT2D eigenvalue weighted by molar-refractivity contribution is 7.12. The number of thiophene rings is 1. The van der Waals surface area contributed by atoms with E-state index in [4.69, 9.17) is 5.11 Å². The Hall–Kier alpha value is -2.10. The molecule has 2 aromatic rings. The van der Waals surface area contributed by atoms with Crippen molar-refractivity contribution in [3.05, 3.63) is 40.1 Å². The fourth-order valence-electron chi connectivity index (χ4n) is 1.72. The number of carbonyl (C=O) groups is 1. The van der Waals surface area contributed by atoms with Gasteiger partial charge in [0.2, 0.25) is 0 Å². The summed E-state index contributed by atoms with van der Waals surface area (Å²) >= 11 is 1.34. The van der Waals surface area contributed by atoms with Crippen LogP contribution >= 0.6 is 11.3 Å². The molecule has 0 saturated heterocycles. The van der Waals surface area contributed by atoms with Crippen LogP contribution in [0.3, 0.4) is 0 Å². The van der Waals surface area contributed by atoms with E-state index in [9.17, 15) is 4.79 Å². The Kier molecular flexibility index (Phi) is 4.93. The number of nitrogens with one attached hydrogen (secondary N) is 1. The van der Waals surface area contributed by atoms with Gasteiger partial charge in [-0.25, -0.2) is 4.98 Å². The zero-order chi connectivity index (χ0) is 14.4. The minimum Gasteiger partial charge on any atom is -0.384 e. The number of carbonyl (C=O) groups excluding carboxylic acids is 1. The Morgan fingerprint density at radius 3 is 3.15 bits per heavy atom. The minimum atomic E-state index is -0.212. The largest absolute Gasteiger partial charge is 0.384 e. The van der Waals surface area contributed by atoms with Crippen LogP contribution in [-0.4, -0.2) is 33.7 Å². The summed E-state index contributed by atoms with van der Waals surface area (Å²) in [6, 6.07) is 1.78. The van der Waals surface area contributed by atoms with Crippen LogP contribution in [0.1, 0.15) is 21.1 Å². The number of hydrogen-bond acceptors (Lipinski definition) is 4. The van der Waals surface area contributed by atoms with Crippen molar-refractivity contribution in [3.8, 4) is 11.8 Å². The van der Waals surface area contributed by atoms with E-state index in [-0.39, 0.29) is 12.5 Å². The number of aliphatic hydroxyl groups is 1. The van der Waals surface area contributed by atoms with E-state index < -0.39 is 0 Å². The molecule has 2 rings (SSSR count). The van der Waals surface area contributed by atoms with Gasteiger partial charge in [-0.15, -0.1) is 11.3 Å². The predicted octanol–water partition coefficient (Wildman–Crippen LogP) is 0.798. The number of hydrogen-bond donors (Lipinski definition) is 2. The molecule has 0 fully saturated rings. The fraction of sp³-hybridized carbons (Fsp3) is 0.286. The number of aliphatic hydroxyl groups excluding tert-OH is 1. The zero-order valence-corrected chi connectivity index (χ0v) is 11.9. The summed E-state index contributed by atoms with van der Waals surface area (Å²) in [4.78, 5) is 16.8. The second-order valence-electron chi connectivity index (χ2n) is 4.08. The van der Waals surface area contributed by atoms with Crippen molar-refractivity contribution in [2.24, 2.45) is 7.05 Å². The molecule has 0 saturated carbocycles. The van der Waals surface area contributed by atoms with Crippen molar-refractivity contribution in [1.82, 2.24) is 14.9 Å². The molecule has 2 N–H and O–H groups in total. The highest BCUT2D eigenvalue weighted by Gasteiger charge is 2.11. The second-order valence-corrected chi connectivity index (χ2v) is 5.00. The highest BCUT2D eigenvalue weighted by Crippen LogP contribution is 2.15. The standard InChI is InChI=1S/C14H15N3O2S/c1-17-8-7-15-12(17)4-6-16-14(19)13-11(3-2-9-18)5-10-20-13/h5,7-8,10,18H,4,6,9H2,1H3,(H,16,19). The van der Waals surface area contributed by atoms with Gasteiger partial charge in [0.1, 0.15) is 17.3 Å². The first-order valence-corrected chi connectivity index (χ1v) is 7.02. The number of aryl methyl sites for hydroxylation is 1. The van der Waals surface area contributed by atoms with Crippen molar-refractivity contribution >= 4 is 17.2 Å². The Morgan fingerprint density at radius 2 is 2.45 bits per heavy atom. The van der Waals surface area contributed by atoms with Gasteiger partial charge in [0.05, 0.1) is 0 Å². The summed E-state index contributed by atoms with van der Waals surface area (Å²) in [5, 5.41) is 13.4. The maximum Gasteiger partial charge on any atom is 0.262 e. The van der Waals surface area contributed by atoms with Gasteiger partial charge in [0.15, 0.2) is 0 Å². The monoisotopic (exact) mass is 289 g/mol. The van der Waals surface area contributed by atoms with E-state index in [0.29, 0.717) is 23.4 Å². The lowest BCUT2D eigenvalue weighted by molar-refractivity contribution is 0.0957. The highest BCUT2D eigenvalue weighted by atomic mass is 32.1. The van der Waals surface area contributed by atoms with Crippen LogP contribution in [0.15, 0.2) is 23.8 Å². The van der Waals surface area contributed by atoms with Crippen LogP contribution in [-0.2, 0) is 13.5 Å². The molecule has 2 aromatic heterocycles. The zero-order valence-electron chi connectivity index (χ0n) is 11.1. The molecule has 0 spiro atoms. The summed E-state index contributed by atoms with van der Waals surface area (Å²) < 4.78 is 1.93. The smallest absolute Gasteiger partial charge is 0.262 e. The van der Waals surface area contributed by atoms with Crippen LogP contribution in [0.4, 0.5) is 0 Å². The van der Waals surface area contributed by atoms with E-state index in [2.05, 4.69) is 22.1 Å². The molecule has 0 aliphatic heterocycles. The maximum atomic E-state index is 12.0. The third-order valence-corrected chi connectivity index (χ3v) is 3.64. The van der Waals surface area contributed by atoms with E-state index >= 15 is 0 Å². The van der Waals surface area contributed by atoms with Crippen molar-refractivity contribution in [3.63, 3.8) is 0 Å². The number of imidazole rings is 1. The average molecular weight is 289 g/mol. The first kappa shape index (κ1) is 14.3. The number of aromatic nitrogens is 2. The molecule has 0 bridgehead atoms. The summed E-state index contributed by atoms with van der Waals surface area (Å²) in [5.41, 5.74) is 0.651. The summed E-state index contributed by atoms with van der Waals surface area (Å²) in [7, 11) is 1.92. The fourth-order valence-corrected chi connectivity index (χ4v) is 2.49. The third-order valence-electron chi connectivity index (χ3n) is 2.73. The lowest BCUT2D eigenvalue weighted by Crippen LogP contribution is -2.26. The normalized spacial score (nSPS) is 9.90. The Morgan fingerprint density at radius 1 is 1.60 bits per heavy atom. The van der Waals surface area contributed by atoms with E-state index in [1.54, 1.807) is 12.3 Å². The Balaban J connectivity index is 1.92. The molecular formula is C14H15N3O2S. The van der Waals surface area contributed by atoms with Crippen LogP contribution in [0, 0.1) is 11.8 Å². The summed E-state index contributed by atoms with van der Waals surface area (Å²) in [5.74, 6) is 6.11. The maximum absolute atomic E-state index is 12.0. The predicted molar refractivity (Wildman–Crippen MR) is 77.5 cm³/mol. The Labute approximate surface area is 121 Å². The van der Waals surface area contributed by atoms with Crippen LogP contribution in [0.2, 0.25) is 0 Å². The summed E-state index contributed by atoms with van der Waals surface area (Å²) in [6.07, 6.45) is 4.29. The van der Waals surface area contributed by atoms with Gasteiger partial charge in [0, 0.05) is 38.0 Å². The van der Waals surface area contributed by atoms with E-state index in [1.165, 1.54) is 11.3 Å². The number of amides is 1. The first-order chi connectivity index (χ1) is 9.72. The molecule has 2 heterocycles. The van der Waals surface area contributed by atoms with Gasteiger partial charge in [-0.1, -0.05) is 11.8 Å².